The smallest absolute Gasteiger partial charge is 0.313 e. The molecule has 0 atom stereocenters. The van der Waals surface area contributed by atoms with Gasteiger partial charge < -0.3 is 25.2 Å². The number of benzene rings is 2. The molecule has 36 heavy (non-hydrogen) atoms. The lowest BCUT2D eigenvalue weighted by Gasteiger charge is -2.36. The summed E-state index contributed by atoms with van der Waals surface area (Å²) in [4.78, 5) is 43.7. The van der Waals surface area contributed by atoms with E-state index < -0.39 is 11.8 Å². The zero-order valence-electron chi connectivity index (χ0n) is 20.7. The van der Waals surface area contributed by atoms with Gasteiger partial charge in [0.05, 0.1) is 12.8 Å². The van der Waals surface area contributed by atoms with E-state index in [0.29, 0.717) is 31.6 Å². The molecule has 5 rings (SSSR count). The maximum Gasteiger partial charge on any atom is 0.313 e. The SMILES string of the molecule is COc1ccc(N2CCN(CCNC(=O)C(=O)Nc3cc4c5c(c3)CCC(=O)N5CCC4)CC2)cc1. The minimum atomic E-state index is -0.661. The summed E-state index contributed by atoms with van der Waals surface area (Å²) in [5.41, 5.74) is 4.94. The summed E-state index contributed by atoms with van der Waals surface area (Å²) in [7, 11) is 1.66. The largest absolute Gasteiger partial charge is 0.497 e. The molecule has 0 radical (unpaired) electrons. The molecule has 1 fully saturated rings. The summed E-state index contributed by atoms with van der Waals surface area (Å²) in [6.45, 7) is 5.47. The number of hydrogen-bond donors (Lipinski definition) is 2. The van der Waals surface area contributed by atoms with Crippen molar-refractivity contribution in [1.82, 2.24) is 10.2 Å². The van der Waals surface area contributed by atoms with E-state index in [4.69, 9.17) is 4.74 Å². The van der Waals surface area contributed by atoms with Crippen LogP contribution < -0.4 is 25.2 Å². The third-order valence-electron chi connectivity index (χ3n) is 7.26. The summed E-state index contributed by atoms with van der Waals surface area (Å²) in [6, 6.07) is 11.9. The van der Waals surface area contributed by atoms with E-state index in [-0.39, 0.29) is 5.91 Å². The molecule has 2 aromatic carbocycles. The average molecular weight is 492 g/mol. The van der Waals surface area contributed by atoms with Crippen LogP contribution in [-0.2, 0) is 27.2 Å². The molecular weight excluding hydrogens is 458 g/mol. The van der Waals surface area contributed by atoms with Gasteiger partial charge in [0.1, 0.15) is 5.75 Å². The summed E-state index contributed by atoms with van der Waals surface area (Å²) >= 11 is 0. The number of nitrogens with zero attached hydrogens (tertiary/aromatic N) is 3. The first-order chi connectivity index (χ1) is 17.5. The number of aryl methyl sites for hydroxylation is 2. The number of methoxy groups -OCH3 is 1. The number of anilines is 3. The highest BCUT2D eigenvalue weighted by Gasteiger charge is 2.30. The van der Waals surface area contributed by atoms with E-state index in [9.17, 15) is 14.4 Å². The van der Waals surface area contributed by atoms with Crippen LogP contribution in [0.15, 0.2) is 36.4 Å². The first-order valence-corrected chi connectivity index (χ1v) is 12.7. The fraction of sp³-hybridized carbons (Fsp3) is 0.444. The van der Waals surface area contributed by atoms with Crippen LogP contribution in [0, 0.1) is 0 Å². The van der Waals surface area contributed by atoms with E-state index in [1.807, 2.05) is 29.2 Å². The van der Waals surface area contributed by atoms with Crippen molar-refractivity contribution < 1.29 is 19.1 Å². The van der Waals surface area contributed by atoms with Crippen molar-refractivity contribution in [2.45, 2.75) is 25.7 Å². The summed E-state index contributed by atoms with van der Waals surface area (Å²) < 4.78 is 5.23. The van der Waals surface area contributed by atoms with Crippen molar-refractivity contribution in [3.63, 3.8) is 0 Å². The first kappa shape index (κ1) is 24.1. The Morgan fingerprint density at radius 3 is 2.36 bits per heavy atom. The van der Waals surface area contributed by atoms with Crippen LogP contribution >= 0.6 is 0 Å². The Labute approximate surface area is 211 Å². The Kier molecular flexibility index (Phi) is 7.09. The van der Waals surface area contributed by atoms with Gasteiger partial charge in [-0.1, -0.05) is 0 Å². The standard InChI is InChI=1S/C27H33N5O4/c1-36-23-7-5-22(6-8-23)31-15-13-30(14-16-31)12-10-28-26(34)27(35)29-21-17-19-3-2-11-32-24(33)9-4-20(18-21)25(19)32/h5-8,17-18H,2-4,9-16H2,1H3,(H,28,34)(H,29,35). The Morgan fingerprint density at radius 2 is 1.64 bits per heavy atom. The van der Waals surface area contributed by atoms with Gasteiger partial charge >= 0.3 is 11.8 Å². The molecule has 0 spiro atoms. The van der Waals surface area contributed by atoms with Gasteiger partial charge in [0.15, 0.2) is 0 Å². The molecule has 3 aliphatic heterocycles. The average Bonchev–Trinajstić information content (AvgIpc) is 2.91. The van der Waals surface area contributed by atoms with Gasteiger partial charge in [-0.05, 0) is 66.8 Å². The minimum absolute atomic E-state index is 0.168. The van der Waals surface area contributed by atoms with Gasteiger partial charge in [0.25, 0.3) is 0 Å². The highest BCUT2D eigenvalue weighted by Crippen LogP contribution is 2.37. The second-order valence-corrected chi connectivity index (χ2v) is 9.53. The summed E-state index contributed by atoms with van der Waals surface area (Å²) in [5, 5.41) is 5.50. The van der Waals surface area contributed by atoms with Gasteiger partial charge in [-0.15, -0.1) is 0 Å². The second-order valence-electron chi connectivity index (χ2n) is 9.53. The zero-order chi connectivity index (χ0) is 25.1. The van der Waals surface area contributed by atoms with Crippen molar-refractivity contribution in [3.05, 3.63) is 47.5 Å². The number of ether oxygens (including phenoxy) is 1. The molecule has 0 saturated carbocycles. The van der Waals surface area contributed by atoms with E-state index in [1.54, 1.807) is 7.11 Å². The number of rotatable bonds is 6. The predicted octanol–water partition coefficient (Wildman–Crippen LogP) is 1.80. The molecule has 0 aromatic heterocycles. The van der Waals surface area contributed by atoms with E-state index in [2.05, 4.69) is 32.6 Å². The molecule has 0 aliphatic carbocycles. The van der Waals surface area contributed by atoms with Crippen molar-refractivity contribution >= 4 is 34.8 Å². The Balaban J connectivity index is 1.08. The highest BCUT2D eigenvalue weighted by molar-refractivity contribution is 6.39. The second kappa shape index (κ2) is 10.6. The predicted molar refractivity (Wildman–Crippen MR) is 139 cm³/mol. The fourth-order valence-electron chi connectivity index (χ4n) is 5.34. The van der Waals surface area contributed by atoms with Crippen LogP contribution in [0.2, 0.25) is 0 Å². The van der Waals surface area contributed by atoms with Crippen LogP contribution in [0.3, 0.4) is 0 Å². The van der Waals surface area contributed by atoms with Crippen LogP contribution in [0.4, 0.5) is 17.1 Å². The lowest BCUT2D eigenvalue weighted by atomic mass is 9.91. The van der Waals surface area contributed by atoms with Crippen LogP contribution in [0.5, 0.6) is 5.75 Å². The maximum atomic E-state index is 12.5. The fourth-order valence-corrected chi connectivity index (χ4v) is 5.34. The molecular formula is C27H33N5O4. The first-order valence-electron chi connectivity index (χ1n) is 12.7. The van der Waals surface area contributed by atoms with Gasteiger partial charge in [0, 0.05) is 63.6 Å². The van der Waals surface area contributed by atoms with Crippen LogP contribution in [0.1, 0.15) is 24.0 Å². The number of carbonyl (C=O) groups is 3. The number of carbonyl (C=O) groups excluding carboxylic acids is 3. The monoisotopic (exact) mass is 491 g/mol. The van der Waals surface area contributed by atoms with E-state index in [0.717, 1.165) is 68.1 Å². The quantitative estimate of drug-likeness (QED) is 0.599. The topological polar surface area (TPSA) is 94.2 Å². The van der Waals surface area contributed by atoms with Gasteiger partial charge in [-0.25, -0.2) is 0 Å². The highest BCUT2D eigenvalue weighted by atomic mass is 16.5. The minimum Gasteiger partial charge on any atom is -0.497 e. The molecule has 2 N–H and O–H groups in total. The Bertz CT molecular complexity index is 1120. The summed E-state index contributed by atoms with van der Waals surface area (Å²) in [6.07, 6.45) is 2.93. The Hall–Kier alpha value is -3.59. The molecule has 3 amide bonds. The van der Waals surface area contributed by atoms with Crippen molar-refractivity contribution in [2.24, 2.45) is 0 Å². The molecule has 2 aromatic rings. The van der Waals surface area contributed by atoms with Gasteiger partial charge in [-0.2, -0.15) is 0 Å². The number of hydrogen-bond acceptors (Lipinski definition) is 6. The normalized spacial score (nSPS) is 17.4. The van der Waals surface area contributed by atoms with Crippen molar-refractivity contribution in [1.29, 1.82) is 0 Å². The van der Waals surface area contributed by atoms with E-state index in [1.165, 1.54) is 5.69 Å². The summed E-state index contributed by atoms with van der Waals surface area (Å²) in [5.74, 6) is -0.274. The molecule has 190 valence electrons. The van der Waals surface area contributed by atoms with Crippen molar-refractivity contribution in [3.8, 4) is 5.75 Å². The lowest BCUT2D eigenvalue weighted by Crippen LogP contribution is -2.49. The van der Waals surface area contributed by atoms with Crippen LogP contribution in [0.25, 0.3) is 0 Å². The number of amides is 3. The van der Waals surface area contributed by atoms with Gasteiger partial charge in [0.2, 0.25) is 5.91 Å². The molecule has 9 nitrogen and oxygen atoms in total. The third-order valence-corrected chi connectivity index (χ3v) is 7.26. The zero-order valence-corrected chi connectivity index (χ0v) is 20.7. The Morgan fingerprint density at radius 1 is 0.917 bits per heavy atom. The van der Waals surface area contributed by atoms with E-state index >= 15 is 0 Å². The number of nitrogens with one attached hydrogen (secondary N) is 2. The molecule has 9 heteroatoms. The lowest BCUT2D eigenvalue weighted by molar-refractivity contribution is -0.136. The molecule has 1 saturated heterocycles. The molecule has 0 bridgehead atoms. The molecule has 3 heterocycles. The third kappa shape index (κ3) is 5.16. The van der Waals surface area contributed by atoms with Gasteiger partial charge in [-0.3, -0.25) is 19.3 Å². The number of piperazine rings is 1. The van der Waals surface area contributed by atoms with Crippen LogP contribution in [-0.4, -0.2) is 75.5 Å². The molecule has 3 aliphatic rings. The molecule has 0 unspecified atom stereocenters. The maximum absolute atomic E-state index is 12.5. The van der Waals surface area contributed by atoms with Crippen molar-refractivity contribution in [2.75, 3.05) is 68.0 Å².